The first kappa shape index (κ1) is 20.0. The summed E-state index contributed by atoms with van der Waals surface area (Å²) in [6.45, 7) is 8.68. The zero-order chi connectivity index (χ0) is 18.4. The topological polar surface area (TPSA) is 72.9 Å². The number of carboxylic acid groups (broad SMARTS) is 1. The Morgan fingerprint density at radius 3 is 2.48 bits per heavy atom. The van der Waals surface area contributed by atoms with Crippen LogP contribution in [0.3, 0.4) is 0 Å². The van der Waals surface area contributed by atoms with Gasteiger partial charge in [0.05, 0.1) is 6.54 Å². The van der Waals surface area contributed by atoms with E-state index in [1.165, 1.54) is 25.7 Å². The van der Waals surface area contributed by atoms with Crippen LogP contribution in [-0.2, 0) is 4.79 Å². The largest absolute Gasteiger partial charge is 0.480 e. The monoisotopic (exact) mass is 353 g/mol. The second kappa shape index (κ2) is 9.41. The maximum Gasteiger partial charge on any atom is 0.317 e. The molecule has 144 valence electrons. The summed E-state index contributed by atoms with van der Waals surface area (Å²) in [5.41, 5.74) is 0. The molecule has 2 aliphatic rings. The molecule has 0 aromatic carbocycles. The van der Waals surface area contributed by atoms with Crippen LogP contribution >= 0.6 is 0 Å². The van der Waals surface area contributed by atoms with Crippen molar-refractivity contribution in [2.24, 2.45) is 11.8 Å². The number of rotatable bonds is 6. The van der Waals surface area contributed by atoms with Crippen molar-refractivity contribution in [2.75, 3.05) is 26.2 Å². The number of likely N-dealkylation sites (tertiary alicyclic amines) is 1. The van der Waals surface area contributed by atoms with Crippen LogP contribution in [0.25, 0.3) is 0 Å². The van der Waals surface area contributed by atoms with Gasteiger partial charge in [0.2, 0.25) is 0 Å². The molecular weight excluding hydrogens is 318 g/mol. The first-order valence-electron chi connectivity index (χ1n) is 9.92. The Balaban J connectivity index is 1.77. The van der Waals surface area contributed by atoms with Gasteiger partial charge < -0.3 is 15.3 Å². The number of piperidine rings is 1. The third-order valence-corrected chi connectivity index (χ3v) is 6.05. The third-order valence-electron chi connectivity index (χ3n) is 6.05. The van der Waals surface area contributed by atoms with Crippen LogP contribution < -0.4 is 5.32 Å². The molecule has 1 saturated carbocycles. The first-order chi connectivity index (χ1) is 11.9. The highest BCUT2D eigenvalue weighted by molar-refractivity contribution is 5.74. The summed E-state index contributed by atoms with van der Waals surface area (Å²) in [5, 5.41) is 12.2. The van der Waals surface area contributed by atoms with E-state index in [-0.39, 0.29) is 24.7 Å². The van der Waals surface area contributed by atoms with Crippen LogP contribution in [0.15, 0.2) is 0 Å². The fourth-order valence-corrected chi connectivity index (χ4v) is 4.45. The van der Waals surface area contributed by atoms with Crippen LogP contribution in [0.1, 0.15) is 59.3 Å². The minimum Gasteiger partial charge on any atom is -0.480 e. The molecule has 2 N–H and O–H groups in total. The molecule has 0 bridgehead atoms. The molecule has 1 aliphatic carbocycles. The van der Waals surface area contributed by atoms with E-state index in [1.54, 1.807) is 0 Å². The van der Waals surface area contributed by atoms with Gasteiger partial charge in [0, 0.05) is 25.2 Å². The summed E-state index contributed by atoms with van der Waals surface area (Å²) >= 11 is 0. The van der Waals surface area contributed by atoms with Crippen molar-refractivity contribution in [3.8, 4) is 0 Å². The molecule has 0 aromatic heterocycles. The lowest BCUT2D eigenvalue weighted by Gasteiger charge is -2.38. The number of urea groups is 1. The standard InChI is InChI=1S/C19H35N3O3/c1-4-21(13-18(23)24)17-8-10-22(11-9-17)19(25)20-15(3)16-7-5-6-14(2)12-16/h14-17H,4-13H2,1-3H3,(H,20,25)(H,23,24)/t14?,15-,16?/m0/s1. The van der Waals surface area contributed by atoms with Crippen molar-refractivity contribution in [1.82, 2.24) is 15.1 Å². The van der Waals surface area contributed by atoms with E-state index in [1.807, 2.05) is 16.7 Å². The Bertz CT molecular complexity index is 449. The van der Waals surface area contributed by atoms with Gasteiger partial charge in [-0.1, -0.05) is 26.7 Å². The zero-order valence-corrected chi connectivity index (χ0v) is 16.0. The number of hydrogen-bond donors (Lipinski definition) is 2. The van der Waals surface area contributed by atoms with Crippen molar-refractivity contribution in [3.63, 3.8) is 0 Å². The summed E-state index contributed by atoms with van der Waals surface area (Å²) in [6, 6.07) is 0.541. The molecule has 6 heteroatoms. The average Bonchev–Trinajstić information content (AvgIpc) is 2.59. The maximum atomic E-state index is 12.6. The Morgan fingerprint density at radius 1 is 1.24 bits per heavy atom. The predicted octanol–water partition coefficient (Wildman–Crippen LogP) is 2.78. The Hall–Kier alpha value is -1.30. The lowest BCUT2D eigenvalue weighted by Crippen LogP contribution is -2.52. The molecule has 1 aliphatic heterocycles. The van der Waals surface area contributed by atoms with Gasteiger partial charge in [-0.3, -0.25) is 9.69 Å². The van der Waals surface area contributed by atoms with E-state index in [0.29, 0.717) is 19.0 Å². The van der Waals surface area contributed by atoms with Gasteiger partial charge in [-0.05, 0) is 51.0 Å². The van der Waals surface area contributed by atoms with E-state index in [9.17, 15) is 9.59 Å². The highest BCUT2D eigenvalue weighted by Gasteiger charge is 2.29. The van der Waals surface area contributed by atoms with Crippen molar-refractivity contribution >= 4 is 12.0 Å². The van der Waals surface area contributed by atoms with Gasteiger partial charge in [0.15, 0.2) is 0 Å². The average molecular weight is 354 g/mol. The molecule has 2 unspecified atom stereocenters. The van der Waals surface area contributed by atoms with Crippen molar-refractivity contribution in [1.29, 1.82) is 0 Å². The minimum absolute atomic E-state index is 0.0467. The molecule has 1 saturated heterocycles. The van der Waals surface area contributed by atoms with Gasteiger partial charge >= 0.3 is 12.0 Å². The number of aliphatic carboxylic acids is 1. The molecule has 2 rings (SSSR count). The van der Waals surface area contributed by atoms with Crippen LogP contribution in [0.5, 0.6) is 0 Å². The van der Waals surface area contributed by atoms with E-state index >= 15 is 0 Å². The SMILES string of the molecule is CCN(CC(=O)O)C1CCN(C(=O)N[C@@H](C)C2CCCC(C)C2)CC1. The Kier molecular flexibility index (Phi) is 7.54. The maximum absolute atomic E-state index is 12.6. The molecule has 1 heterocycles. The van der Waals surface area contributed by atoms with E-state index < -0.39 is 5.97 Å². The fourth-order valence-electron chi connectivity index (χ4n) is 4.45. The zero-order valence-electron chi connectivity index (χ0n) is 16.0. The smallest absolute Gasteiger partial charge is 0.317 e. The van der Waals surface area contributed by atoms with Crippen molar-refractivity contribution in [3.05, 3.63) is 0 Å². The molecule has 2 fully saturated rings. The van der Waals surface area contributed by atoms with Crippen LogP contribution in [0, 0.1) is 11.8 Å². The van der Waals surface area contributed by atoms with Crippen LogP contribution in [0.4, 0.5) is 4.79 Å². The normalized spacial score (nSPS) is 26.5. The number of likely N-dealkylation sites (N-methyl/N-ethyl adjacent to an activating group) is 1. The minimum atomic E-state index is -0.780. The molecule has 2 amide bonds. The highest BCUT2D eigenvalue weighted by Crippen LogP contribution is 2.30. The van der Waals surface area contributed by atoms with Crippen LogP contribution in [0.2, 0.25) is 0 Å². The fraction of sp³-hybridized carbons (Fsp3) is 0.895. The molecular formula is C19H35N3O3. The summed E-state index contributed by atoms with van der Waals surface area (Å²) in [6.07, 6.45) is 6.72. The van der Waals surface area contributed by atoms with Gasteiger partial charge in [0.25, 0.3) is 0 Å². The number of amides is 2. The quantitative estimate of drug-likeness (QED) is 0.770. The number of nitrogens with zero attached hydrogens (tertiary/aromatic N) is 2. The second-order valence-electron chi connectivity index (χ2n) is 7.95. The van der Waals surface area contributed by atoms with Crippen molar-refractivity contribution < 1.29 is 14.7 Å². The van der Waals surface area contributed by atoms with Gasteiger partial charge in [-0.2, -0.15) is 0 Å². The van der Waals surface area contributed by atoms with E-state index in [4.69, 9.17) is 5.11 Å². The molecule has 0 radical (unpaired) electrons. The first-order valence-corrected chi connectivity index (χ1v) is 9.92. The Morgan fingerprint density at radius 2 is 1.92 bits per heavy atom. The number of hydrogen-bond acceptors (Lipinski definition) is 3. The molecule has 3 atom stereocenters. The highest BCUT2D eigenvalue weighted by atomic mass is 16.4. The number of carboxylic acids is 1. The summed E-state index contributed by atoms with van der Waals surface area (Å²) in [7, 11) is 0. The predicted molar refractivity (Wildman–Crippen MR) is 98.6 cm³/mol. The molecule has 0 spiro atoms. The van der Waals surface area contributed by atoms with Gasteiger partial charge in [0.1, 0.15) is 0 Å². The van der Waals surface area contributed by atoms with Crippen LogP contribution in [-0.4, -0.2) is 65.2 Å². The van der Waals surface area contributed by atoms with Gasteiger partial charge in [-0.25, -0.2) is 4.79 Å². The van der Waals surface area contributed by atoms with E-state index in [2.05, 4.69) is 19.2 Å². The van der Waals surface area contributed by atoms with Gasteiger partial charge in [-0.15, -0.1) is 0 Å². The van der Waals surface area contributed by atoms with E-state index in [0.717, 1.165) is 25.3 Å². The Labute approximate surface area is 151 Å². The molecule has 0 aromatic rings. The molecule has 6 nitrogen and oxygen atoms in total. The second-order valence-corrected chi connectivity index (χ2v) is 7.95. The summed E-state index contributed by atoms with van der Waals surface area (Å²) in [5.74, 6) is 0.581. The number of carbonyl (C=O) groups is 2. The number of nitrogens with one attached hydrogen (secondary N) is 1. The third kappa shape index (κ3) is 5.87. The summed E-state index contributed by atoms with van der Waals surface area (Å²) < 4.78 is 0. The number of carbonyl (C=O) groups excluding carboxylic acids is 1. The lowest BCUT2D eigenvalue weighted by atomic mass is 9.79. The van der Waals surface area contributed by atoms with Crippen molar-refractivity contribution in [2.45, 2.75) is 71.4 Å². The summed E-state index contributed by atoms with van der Waals surface area (Å²) in [4.78, 5) is 27.4. The molecule has 25 heavy (non-hydrogen) atoms. The lowest BCUT2D eigenvalue weighted by molar-refractivity contribution is -0.139.